The summed E-state index contributed by atoms with van der Waals surface area (Å²) in [6.45, 7) is 5.85. The number of anilines is 2. The number of hydrogen-bond donors (Lipinski definition) is 1. The minimum Gasteiger partial charge on any atom is -0.398 e. The third-order valence-electron chi connectivity index (χ3n) is 3.06. The maximum atomic E-state index is 6.02. The third-order valence-corrected chi connectivity index (χ3v) is 3.06. The molecule has 0 fully saturated rings. The minimum atomic E-state index is 0.764. The van der Waals surface area contributed by atoms with Crippen LogP contribution in [0, 0.1) is 6.92 Å². The van der Waals surface area contributed by atoms with Crippen LogP contribution in [-0.4, -0.2) is 16.5 Å². The Morgan fingerprint density at radius 2 is 1.89 bits per heavy atom. The highest BCUT2D eigenvalue weighted by Gasteiger charge is 2.12. The van der Waals surface area contributed by atoms with Crippen LogP contribution in [-0.2, 0) is 6.54 Å². The van der Waals surface area contributed by atoms with Gasteiger partial charge in [-0.2, -0.15) is 0 Å². The normalized spacial score (nSPS) is 10.4. The number of nitrogens with zero attached hydrogens (tertiary/aromatic N) is 3. The summed E-state index contributed by atoms with van der Waals surface area (Å²) in [5.74, 6) is 0.938. The van der Waals surface area contributed by atoms with Crippen molar-refractivity contribution >= 4 is 11.5 Å². The zero-order chi connectivity index (χ0) is 13.7. The Labute approximate surface area is 114 Å². The molecule has 1 aromatic heterocycles. The Bertz CT molecular complexity index is 539. The first-order valence-electron chi connectivity index (χ1n) is 6.58. The molecule has 2 N–H and O–H groups in total. The van der Waals surface area contributed by atoms with E-state index in [1.165, 1.54) is 0 Å². The lowest BCUT2D eigenvalue weighted by atomic mass is 10.1. The van der Waals surface area contributed by atoms with E-state index in [9.17, 15) is 0 Å². The summed E-state index contributed by atoms with van der Waals surface area (Å²) in [6.07, 6.45) is 4.52. The van der Waals surface area contributed by atoms with Crippen LogP contribution in [0.2, 0.25) is 0 Å². The Kier molecular flexibility index (Phi) is 4.34. The predicted octanol–water partition coefficient (Wildman–Crippen LogP) is 2.78. The van der Waals surface area contributed by atoms with Crippen molar-refractivity contribution in [1.82, 2.24) is 9.97 Å². The van der Waals surface area contributed by atoms with E-state index >= 15 is 0 Å². The summed E-state index contributed by atoms with van der Waals surface area (Å²) in [5.41, 5.74) is 8.92. The summed E-state index contributed by atoms with van der Waals surface area (Å²) in [4.78, 5) is 11.0. The molecule has 4 heteroatoms. The van der Waals surface area contributed by atoms with E-state index in [1.807, 2.05) is 25.1 Å². The van der Waals surface area contributed by atoms with Crippen molar-refractivity contribution in [3.63, 3.8) is 0 Å². The molecule has 0 amide bonds. The monoisotopic (exact) mass is 256 g/mol. The van der Waals surface area contributed by atoms with Gasteiger partial charge in [-0.1, -0.05) is 25.1 Å². The lowest BCUT2D eigenvalue weighted by Crippen LogP contribution is -2.26. The van der Waals surface area contributed by atoms with Crippen molar-refractivity contribution in [3.05, 3.63) is 47.9 Å². The molecule has 4 nitrogen and oxygen atoms in total. The van der Waals surface area contributed by atoms with Crippen LogP contribution in [0.4, 0.5) is 11.5 Å². The molecule has 0 aliphatic carbocycles. The molecule has 0 spiro atoms. The van der Waals surface area contributed by atoms with Crippen molar-refractivity contribution in [3.8, 4) is 0 Å². The number of aryl methyl sites for hydroxylation is 1. The molecular formula is C15H20N4. The molecule has 0 aliphatic heterocycles. The first-order chi connectivity index (χ1) is 9.22. The fraction of sp³-hybridized carbons (Fsp3) is 0.333. The minimum absolute atomic E-state index is 0.764. The van der Waals surface area contributed by atoms with Crippen LogP contribution in [0.1, 0.15) is 24.6 Å². The molecule has 0 saturated heterocycles. The van der Waals surface area contributed by atoms with Gasteiger partial charge in [0, 0.05) is 31.2 Å². The number of para-hydroxylation sites is 1. The molecule has 19 heavy (non-hydrogen) atoms. The number of rotatable bonds is 5. The fourth-order valence-electron chi connectivity index (χ4n) is 2.12. The first-order valence-corrected chi connectivity index (χ1v) is 6.58. The average Bonchev–Trinajstić information content (AvgIpc) is 2.41. The van der Waals surface area contributed by atoms with Crippen molar-refractivity contribution in [2.24, 2.45) is 0 Å². The SMILES string of the molecule is CCCN(Cc1ccccc1N)c1nccnc1C. The molecule has 2 aromatic rings. The Morgan fingerprint density at radius 1 is 1.16 bits per heavy atom. The number of nitrogen functional groups attached to an aromatic ring is 1. The van der Waals surface area contributed by atoms with E-state index in [-0.39, 0.29) is 0 Å². The van der Waals surface area contributed by atoms with Gasteiger partial charge >= 0.3 is 0 Å². The van der Waals surface area contributed by atoms with Gasteiger partial charge < -0.3 is 10.6 Å². The van der Waals surface area contributed by atoms with Gasteiger partial charge in [0.15, 0.2) is 0 Å². The van der Waals surface area contributed by atoms with Crippen LogP contribution in [0.15, 0.2) is 36.7 Å². The first kappa shape index (κ1) is 13.3. The molecule has 1 heterocycles. The van der Waals surface area contributed by atoms with Gasteiger partial charge in [-0.05, 0) is 25.0 Å². The topological polar surface area (TPSA) is 55.0 Å². The van der Waals surface area contributed by atoms with Crippen LogP contribution >= 0.6 is 0 Å². The van der Waals surface area contributed by atoms with Crippen molar-refractivity contribution < 1.29 is 0 Å². The molecule has 0 radical (unpaired) electrons. The van der Waals surface area contributed by atoms with Gasteiger partial charge in [0.1, 0.15) is 5.82 Å². The standard InChI is InChI=1S/C15H20N4/c1-3-10-19(15-12(2)17-8-9-18-15)11-13-6-4-5-7-14(13)16/h4-9H,3,10-11,16H2,1-2H3. The fourth-order valence-corrected chi connectivity index (χ4v) is 2.12. The van der Waals surface area contributed by atoms with Gasteiger partial charge in [0.05, 0.1) is 5.69 Å². The maximum Gasteiger partial charge on any atom is 0.150 e. The molecule has 0 atom stereocenters. The summed E-state index contributed by atoms with van der Waals surface area (Å²) in [5, 5.41) is 0. The maximum absolute atomic E-state index is 6.02. The van der Waals surface area contributed by atoms with Gasteiger partial charge in [-0.15, -0.1) is 0 Å². The number of benzene rings is 1. The van der Waals surface area contributed by atoms with Crippen LogP contribution in [0.3, 0.4) is 0 Å². The number of aromatic nitrogens is 2. The summed E-state index contributed by atoms with van der Waals surface area (Å²) >= 11 is 0. The van der Waals surface area contributed by atoms with Gasteiger partial charge in [-0.3, -0.25) is 4.98 Å². The van der Waals surface area contributed by atoms with E-state index < -0.39 is 0 Å². The van der Waals surface area contributed by atoms with Crippen LogP contribution < -0.4 is 10.6 Å². The Balaban J connectivity index is 2.27. The van der Waals surface area contributed by atoms with E-state index in [1.54, 1.807) is 12.4 Å². The van der Waals surface area contributed by atoms with E-state index in [2.05, 4.69) is 27.9 Å². The predicted molar refractivity (Wildman–Crippen MR) is 79.0 cm³/mol. The molecule has 100 valence electrons. The van der Waals surface area contributed by atoms with Gasteiger partial charge in [-0.25, -0.2) is 4.98 Å². The average molecular weight is 256 g/mol. The largest absolute Gasteiger partial charge is 0.398 e. The van der Waals surface area contributed by atoms with Crippen LogP contribution in [0.25, 0.3) is 0 Å². The highest BCUT2D eigenvalue weighted by molar-refractivity contribution is 5.50. The molecule has 0 unspecified atom stereocenters. The smallest absolute Gasteiger partial charge is 0.150 e. The third kappa shape index (κ3) is 3.22. The van der Waals surface area contributed by atoms with Crippen LogP contribution in [0.5, 0.6) is 0 Å². The van der Waals surface area contributed by atoms with Gasteiger partial charge in [0.2, 0.25) is 0 Å². The molecular weight excluding hydrogens is 236 g/mol. The van der Waals surface area contributed by atoms with E-state index in [0.29, 0.717) is 0 Å². The lowest BCUT2D eigenvalue weighted by molar-refractivity contribution is 0.748. The summed E-state index contributed by atoms with van der Waals surface area (Å²) in [6, 6.07) is 7.96. The van der Waals surface area contributed by atoms with Crippen molar-refractivity contribution in [2.45, 2.75) is 26.8 Å². The zero-order valence-corrected chi connectivity index (χ0v) is 11.5. The van der Waals surface area contributed by atoms with Crippen molar-refractivity contribution in [1.29, 1.82) is 0 Å². The van der Waals surface area contributed by atoms with Gasteiger partial charge in [0.25, 0.3) is 0 Å². The summed E-state index contributed by atoms with van der Waals surface area (Å²) in [7, 11) is 0. The quantitative estimate of drug-likeness (QED) is 0.836. The Morgan fingerprint density at radius 3 is 2.58 bits per heavy atom. The summed E-state index contributed by atoms with van der Waals surface area (Å²) < 4.78 is 0. The number of nitrogens with two attached hydrogens (primary N) is 1. The van der Waals surface area contributed by atoms with E-state index in [0.717, 1.165) is 42.3 Å². The molecule has 2 rings (SSSR count). The molecule has 0 saturated carbocycles. The van der Waals surface area contributed by atoms with E-state index in [4.69, 9.17) is 5.73 Å². The second-order valence-electron chi connectivity index (χ2n) is 4.59. The molecule has 1 aromatic carbocycles. The zero-order valence-electron chi connectivity index (χ0n) is 11.5. The highest BCUT2D eigenvalue weighted by Crippen LogP contribution is 2.20. The molecule has 0 aliphatic rings. The highest BCUT2D eigenvalue weighted by atomic mass is 15.2. The second kappa shape index (κ2) is 6.18. The Hall–Kier alpha value is -2.10. The number of hydrogen-bond acceptors (Lipinski definition) is 4. The second-order valence-corrected chi connectivity index (χ2v) is 4.59. The lowest BCUT2D eigenvalue weighted by Gasteiger charge is -2.24. The van der Waals surface area contributed by atoms with Crippen molar-refractivity contribution in [2.75, 3.05) is 17.2 Å². The molecule has 0 bridgehead atoms.